The Morgan fingerprint density at radius 3 is 3.10 bits per heavy atom. The highest BCUT2D eigenvalue weighted by Crippen LogP contribution is 2.12. The van der Waals surface area contributed by atoms with Crippen molar-refractivity contribution in [3.63, 3.8) is 0 Å². The Morgan fingerprint density at radius 2 is 2.60 bits per heavy atom. The lowest BCUT2D eigenvalue weighted by Crippen LogP contribution is -2.40. The van der Waals surface area contributed by atoms with Gasteiger partial charge in [0.05, 0.1) is 0 Å². The van der Waals surface area contributed by atoms with E-state index in [0.717, 1.165) is 6.54 Å². The Bertz CT molecular complexity index is 112. The number of hydrogen-bond acceptors (Lipinski definition) is 2. The average Bonchev–Trinajstić information content (AvgIpc) is 2.31. The summed E-state index contributed by atoms with van der Waals surface area (Å²) in [5.41, 5.74) is 3.30. The minimum atomic E-state index is 0.708. The van der Waals surface area contributed by atoms with Crippen LogP contribution in [-0.2, 0) is 0 Å². The third-order valence-electron chi connectivity index (χ3n) is 1.99. The van der Waals surface area contributed by atoms with Gasteiger partial charge in [0.15, 0.2) is 0 Å². The van der Waals surface area contributed by atoms with E-state index < -0.39 is 0 Å². The number of hydrazine groups is 1. The van der Waals surface area contributed by atoms with Crippen LogP contribution in [0.2, 0.25) is 0 Å². The molecule has 1 fully saturated rings. The van der Waals surface area contributed by atoms with Gasteiger partial charge in [0.25, 0.3) is 0 Å². The van der Waals surface area contributed by atoms with Crippen molar-refractivity contribution < 1.29 is 0 Å². The highest BCUT2D eigenvalue weighted by Gasteiger charge is 2.18. The van der Waals surface area contributed by atoms with Gasteiger partial charge in [0.1, 0.15) is 0 Å². The second kappa shape index (κ2) is 3.74. The third kappa shape index (κ3) is 1.82. The molecule has 1 aliphatic heterocycles. The van der Waals surface area contributed by atoms with Crippen molar-refractivity contribution in [2.24, 2.45) is 0 Å². The van der Waals surface area contributed by atoms with Gasteiger partial charge >= 0.3 is 0 Å². The van der Waals surface area contributed by atoms with E-state index in [4.69, 9.17) is 0 Å². The molecule has 0 spiro atoms. The highest BCUT2D eigenvalue weighted by atomic mass is 15.5. The van der Waals surface area contributed by atoms with Crippen LogP contribution in [0.15, 0.2) is 12.7 Å². The summed E-state index contributed by atoms with van der Waals surface area (Å²) in [7, 11) is 0. The lowest BCUT2D eigenvalue weighted by atomic mass is 10.3. The predicted octanol–water partition coefficient (Wildman–Crippen LogP) is 1.16. The quantitative estimate of drug-likeness (QED) is 0.592. The van der Waals surface area contributed by atoms with Crippen LogP contribution in [0.1, 0.15) is 19.8 Å². The molecular formula is C8H16N2. The van der Waals surface area contributed by atoms with Gasteiger partial charge in [0, 0.05) is 19.1 Å². The van der Waals surface area contributed by atoms with Gasteiger partial charge in [-0.25, -0.2) is 5.01 Å². The molecule has 1 atom stereocenters. The first-order chi connectivity index (χ1) is 4.84. The fourth-order valence-electron chi connectivity index (χ4n) is 1.35. The molecule has 1 saturated heterocycles. The molecular weight excluding hydrogens is 124 g/mol. The van der Waals surface area contributed by atoms with Crippen molar-refractivity contribution in [1.82, 2.24) is 10.4 Å². The fourth-order valence-corrected chi connectivity index (χ4v) is 1.35. The standard InChI is InChI=1S/C8H16N2/c1-3-6-9-10-7-4-5-8(10)2/h3,8-9H,1,4-7H2,2H3. The van der Waals surface area contributed by atoms with Crippen LogP contribution in [0.3, 0.4) is 0 Å². The van der Waals surface area contributed by atoms with Crippen LogP contribution >= 0.6 is 0 Å². The van der Waals surface area contributed by atoms with E-state index in [2.05, 4.69) is 23.9 Å². The summed E-state index contributed by atoms with van der Waals surface area (Å²) >= 11 is 0. The minimum absolute atomic E-state index is 0.708. The molecule has 0 aromatic rings. The topological polar surface area (TPSA) is 15.3 Å². The highest BCUT2D eigenvalue weighted by molar-refractivity contribution is 4.75. The van der Waals surface area contributed by atoms with Crippen LogP contribution < -0.4 is 5.43 Å². The average molecular weight is 140 g/mol. The van der Waals surface area contributed by atoms with Crippen molar-refractivity contribution in [3.8, 4) is 0 Å². The molecule has 0 saturated carbocycles. The molecule has 1 rings (SSSR count). The first-order valence-electron chi connectivity index (χ1n) is 3.95. The number of nitrogens with zero attached hydrogens (tertiary/aromatic N) is 1. The number of nitrogens with one attached hydrogen (secondary N) is 1. The van der Waals surface area contributed by atoms with Crippen LogP contribution in [0, 0.1) is 0 Å². The van der Waals surface area contributed by atoms with Crippen molar-refractivity contribution in [1.29, 1.82) is 0 Å². The maximum Gasteiger partial charge on any atom is 0.0280 e. The van der Waals surface area contributed by atoms with Crippen molar-refractivity contribution in [3.05, 3.63) is 12.7 Å². The molecule has 10 heavy (non-hydrogen) atoms. The second-order valence-corrected chi connectivity index (χ2v) is 2.84. The molecule has 0 aromatic carbocycles. The zero-order valence-corrected chi connectivity index (χ0v) is 6.64. The van der Waals surface area contributed by atoms with E-state index in [1.54, 1.807) is 0 Å². The first-order valence-corrected chi connectivity index (χ1v) is 3.95. The van der Waals surface area contributed by atoms with Gasteiger partial charge in [-0.05, 0) is 19.8 Å². The predicted molar refractivity (Wildman–Crippen MR) is 43.6 cm³/mol. The molecule has 0 amide bonds. The Kier molecular flexibility index (Phi) is 2.90. The van der Waals surface area contributed by atoms with Crippen molar-refractivity contribution >= 4 is 0 Å². The van der Waals surface area contributed by atoms with Crippen LogP contribution in [0.5, 0.6) is 0 Å². The molecule has 0 aliphatic carbocycles. The summed E-state index contributed by atoms with van der Waals surface area (Å²) in [4.78, 5) is 0. The van der Waals surface area contributed by atoms with E-state index in [-0.39, 0.29) is 0 Å². The summed E-state index contributed by atoms with van der Waals surface area (Å²) in [5, 5.41) is 2.29. The molecule has 2 nitrogen and oxygen atoms in total. The Hall–Kier alpha value is -0.340. The normalized spacial score (nSPS) is 27.1. The fraction of sp³-hybridized carbons (Fsp3) is 0.750. The van der Waals surface area contributed by atoms with Crippen LogP contribution in [0.25, 0.3) is 0 Å². The molecule has 1 N–H and O–H groups in total. The Labute approximate surface area is 62.9 Å². The maximum atomic E-state index is 3.66. The molecule has 1 heterocycles. The summed E-state index contributed by atoms with van der Waals surface area (Å²) in [6, 6.07) is 0.708. The zero-order valence-electron chi connectivity index (χ0n) is 6.64. The van der Waals surface area contributed by atoms with Gasteiger partial charge in [-0.1, -0.05) is 6.08 Å². The number of rotatable bonds is 3. The van der Waals surface area contributed by atoms with E-state index in [9.17, 15) is 0 Å². The number of hydrogen-bond donors (Lipinski definition) is 1. The van der Waals surface area contributed by atoms with Gasteiger partial charge in [-0.2, -0.15) is 0 Å². The van der Waals surface area contributed by atoms with Crippen molar-refractivity contribution in [2.45, 2.75) is 25.8 Å². The van der Waals surface area contributed by atoms with E-state index in [0.29, 0.717) is 6.04 Å². The summed E-state index contributed by atoms with van der Waals surface area (Å²) < 4.78 is 0. The lowest BCUT2D eigenvalue weighted by molar-refractivity contribution is 0.191. The maximum absolute atomic E-state index is 3.66. The molecule has 1 aliphatic rings. The van der Waals surface area contributed by atoms with Gasteiger partial charge in [-0.3, -0.25) is 5.43 Å². The zero-order chi connectivity index (χ0) is 7.40. The summed E-state index contributed by atoms with van der Waals surface area (Å²) in [6.07, 6.45) is 4.54. The van der Waals surface area contributed by atoms with Crippen LogP contribution in [0.4, 0.5) is 0 Å². The van der Waals surface area contributed by atoms with E-state index in [1.165, 1.54) is 19.4 Å². The molecule has 58 valence electrons. The van der Waals surface area contributed by atoms with Gasteiger partial charge in [-0.15, -0.1) is 6.58 Å². The molecule has 0 radical (unpaired) electrons. The summed E-state index contributed by atoms with van der Waals surface area (Å²) in [6.45, 7) is 7.99. The van der Waals surface area contributed by atoms with E-state index >= 15 is 0 Å². The smallest absolute Gasteiger partial charge is 0.0280 e. The monoisotopic (exact) mass is 140 g/mol. The molecule has 0 aromatic heterocycles. The Morgan fingerprint density at radius 1 is 1.80 bits per heavy atom. The Balaban J connectivity index is 2.19. The minimum Gasteiger partial charge on any atom is -0.251 e. The molecule has 0 bridgehead atoms. The molecule has 2 heteroatoms. The third-order valence-corrected chi connectivity index (χ3v) is 1.99. The largest absolute Gasteiger partial charge is 0.251 e. The van der Waals surface area contributed by atoms with Crippen LogP contribution in [-0.4, -0.2) is 24.1 Å². The lowest BCUT2D eigenvalue weighted by Gasteiger charge is -2.20. The SMILES string of the molecule is C=CCNN1CCCC1C. The van der Waals surface area contributed by atoms with Crippen molar-refractivity contribution in [2.75, 3.05) is 13.1 Å². The first kappa shape index (κ1) is 7.76. The second-order valence-electron chi connectivity index (χ2n) is 2.84. The van der Waals surface area contributed by atoms with Gasteiger partial charge in [0.2, 0.25) is 0 Å². The van der Waals surface area contributed by atoms with Gasteiger partial charge < -0.3 is 0 Å². The van der Waals surface area contributed by atoms with E-state index in [1.807, 2.05) is 6.08 Å². The summed E-state index contributed by atoms with van der Waals surface area (Å²) in [5.74, 6) is 0. The molecule has 1 unspecified atom stereocenters.